The number of amides is 4. The number of imide groups is 1. The summed E-state index contributed by atoms with van der Waals surface area (Å²) in [7, 11) is 1.68. The lowest BCUT2D eigenvalue weighted by atomic mass is 9.85. The van der Waals surface area contributed by atoms with Crippen LogP contribution in [-0.4, -0.2) is 97.7 Å². The highest BCUT2D eigenvalue weighted by molar-refractivity contribution is 6.09. The van der Waals surface area contributed by atoms with Crippen LogP contribution in [0.15, 0.2) is 47.5 Å². The van der Waals surface area contributed by atoms with Crippen molar-refractivity contribution < 1.29 is 42.1 Å². The number of anilines is 3. The minimum Gasteiger partial charge on any atom is -0.450 e. The summed E-state index contributed by atoms with van der Waals surface area (Å²) >= 11 is 0. The van der Waals surface area contributed by atoms with Gasteiger partial charge in [-0.3, -0.25) is 33.8 Å². The molecule has 4 amide bonds. The van der Waals surface area contributed by atoms with E-state index in [0.29, 0.717) is 48.9 Å². The zero-order valence-electron chi connectivity index (χ0n) is 33.5. The molecular weight excluding hydrogens is 814 g/mol. The van der Waals surface area contributed by atoms with E-state index in [1.807, 2.05) is 4.90 Å². The van der Waals surface area contributed by atoms with Gasteiger partial charge in [-0.2, -0.15) is 10.4 Å². The number of rotatable bonds is 7. The van der Waals surface area contributed by atoms with Gasteiger partial charge in [-0.25, -0.2) is 22.9 Å². The number of hydrogen-bond donors (Lipinski definition) is 3. The van der Waals surface area contributed by atoms with Gasteiger partial charge < -0.3 is 30.1 Å². The fraction of sp³-hybridized carbons (Fsp3) is 0.405. The van der Waals surface area contributed by atoms with Gasteiger partial charge in [-0.05, 0) is 68.5 Å². The van der Waals surface area contributed by atoms with Crippen LogP contribution in [0.3, 0.4) is 0 Å². The van der Waals surface area contributed by atoms with Crippen molar-refractivity contribution in [2.45, 2.75) is 62.2 Å². The Hall–Kier alpha value is -6.72. The lowest BCUT2D eigenvalue weighted by molar-refractivity contribution is -0.142. The van der Waals surface area contributed by atoms with Crippen molar-refractivity contribution in [3.8, 4) is 17.6 Å². The number of carbonyl (C=O) groups excluding carboxylic acids is 3. The van der Waals surface area contributed by atoms with E-state index in [-0.39, 0.29) is 91.7 Å². The first-order valence-corrected chi connectivity index (χ1v) is 20.2. The molecule has 6 heterocycles. The fourth-order valence-corrected chi connectivity index (χ4v) is 9.10. The summed E-state index contributed by atoms with van der Waals surface area (Å²) in [6, 6.07) is 8.34. The van der Waals surface area contributed by atoms with E-state index >= 15 is 8.78 Å². The van der Waals surface area contributed by atoms with Gasteiger partial charge in [0.05, 0.1) is 59.0 Å². The number of urea groups is 1. The van der Waals surface area contributed by atoms with Gasteiger partial charge >= 0.3 is 6.03 Å². The second-order valence-electron chi connectivity index (χ2n) is 16.4. The molecule has 3 aromatic carbocycles. The summed E-state index contributed by atoms with van der Waals surface area (Å²) in [6.07, 6.45) is 3.10. The Morgan fingerprint density at radius 3 is 2.53 bits per heavy atom. The van der Waals surface area contributed by atoms with Gasteiger partial charge in [0, 0.05) is 51.6 Å². The number of hydrogen-bond acceptors (Lipinski definition) is 12. The summed E-state index contributed by atoms with van der Waals surface area (Å²) in [5, 5.41) is 27.8. The van der Waals surface area contributed by atoms with Gasteiger partial charge in [-0.1, -0.05) is 0 Å². The van der Waals surface area contributed by atoms with E-state index in [4.69, 9.17) is 15.2 Å². The van der Waals surface area contributed by atoms with E-state index in [0.717, 1.165) is 6.07 Å². The number of ether oxygens (including phenoxy) is 2. The van der Waals surface area contributed by atoms with Crippen molar-refractivity contribution in [3.63, 3.8) is 0 Å². The van der Waals surface area contributed by atoms with Crippen molar-refractivity contribution in [2.24, 2.45) is 7.05 Å². The van der Waals surface area contributed by atoms with Gasteiger partial charge in [0.2, 0.25) is 11.8 Å². The van der Waals surface area contributed by atoms with E-state index in [1.165, 1.54) is 40.1 Å². The predicted molar refractivity (Wildman–Crippen MR) is 217 cm³/mol. The first-order valence-electron chi connectivity index (χ1n) is 20.2. The summed E-state index contributed by atoms with van der Waals surface area (Å²) in [4.78, 5) is 60.6. The minimum atomic E-state index is -1.30. The molecular formula is C42H41F3N10O7. The number of aliphatic hydroxyl groups is 1. The number of carbonyl (C=O) groups is 3. The standard InChI is InChI=1S/C42H41F3N10O7/c1-51-30-17-31(27(44)16-24(30)38(50-51)54-11-6-33(56)49-40(54)59)52-12-7-41(60,8-13-52)19-34(57)53-14-9-42(10-15-53)18-23(21-61-42)55-22-48-29-4-5-32(36(45)35(29)39(55)58)62-37-25(20-46)28(47)3-2-26(37)43/h2-5,16-17,22-23,60H,6-15,18-19,21,47H2,1H3,(H,49,56,59)/t23-/m1/s1. The second-order valence-corrected chi connectivity index (χ2v) is 16.4. The number of piperidine rings is 2. The monoisotopic (exact) mass is 854 g/mol. The van der Waals surface area contributed by atoms with Gasteiger partial charge in [0.25, 0.3) is 5.56 Å². The molecule has 17 nitrogen and oxygen atoms in total. The summed E-state index contributed by atoms with van der Waals surface area (Å²) in [5.41, 5.74) is 3.70. The van der Waals surface area contributed by atoms with Crippen LogP contribution in [0, 0.1) is 28.8 Å². The van der Waals surface area contributed by atoms with Gasteiger partial charge in [0.15, 0.2) is 29.0 Å². The third-order valence-electron chi connectivity index (χ3n) is 12.7. The molecule has 62 heavy (non-hydrogen) atoms. The molecule has 0 aliphatic carbocycles. The quantitative estimate of drug-likeness (QED) is 0.197. The number of likely N-dealkylation sites (tertiary alicyclic amines) is 1. The van der Waals surface area contributed by atoms with E-state index in [1.54, 1.807) is 28.8 Å². The van der Waals surface area contributed by atoms with Crippen LogP contribution in [0.1, 0.15) is 56.6 Å². The summed E-state index contributed by atoms with van der Waals surface area (Å²) in [6.45, 7) is 1.55. The van der Waals surface area contributed by atoms with Crippen LogP contribution in [-0.2, 0) is 21.4 Å². The Kier molecular flexibility index (Phi) is 10.1. The van der Waals surface area contributed by atoms with Gasteiger partial charge in [0.1, 0.15) is 22.8 Å². The smallest absolute Gasteiger partial charge is 0.329 e. The lowest BCUT2D eigenvalue weighted by Gasteiger charge is -2.42. The highest BCUT2D eigenvalue weighted by atomic mass is 19.1. The molecule has 1 spiro atoms. The van der Waals surface area contributed by atoms with Crippen LogP contribution in [0.25, 0.3) is 21.8 Å². The zero-order chi connectivity index (χ0) is 43.7. The normalized spacial score (nSPS) is 19.9. The van der Waals surface area contributed by atoms with Crippen LogP contribution in [0.4, 0.5) is 35.2 Å². The van der Waals surface area contributed by atoms with E-state index < -0.39 is 57.8 Å². The van der Waals surface area contributed by atoms with Crippen molar-refractivity contribution >= 4 is 56.8 Å². The van der Waals surface area contributed by atoms with E-state index in [2.05, 4.69) is 15.4 Å². The SMILES string of the molecule is Cn1nc(N2CCC(=O)NC2=O)c2cc(F)c(N3CCC(O)(CC(=O)N4CCC5(CC4)C[C@@H](n4cnc6ccc(Oc7c(F)ccc(N)c7C#N)c(F)c6c4=O)CO5)CC3)cc21. The molecule has 4 fully saturated rings. The van der Waals surface area contributed by atoms with Crippen molar-refractivity contribution in [3.05, 3.63) is 76.1 Å². The van der Waals surface area contributed by atoms with E-state index in [9.17, 15) is 33.9 Å². The first-order chi connectivity index (χ1) is 29.7. The topological polar surface area (TPSA) is 214 Å². The number of benzene rings is 3. The number of nitrogens with two attached hydrogens (primary N) is 1. The van der Waals surface area contributed by atoms with Crippen molar-refractivity contribution in [1.29, 1.82) is 5.26 Å². The molecule has 9 rings (SSSR count). The van der Waals surface area contributed by atoms with Gasteiger partial charge in [-0.15, -0.1) is 0 Å². The lowest BCUT2D eigenvalue weighted by Crippen LogP contribution is -2.51. The molecule has 4 aliphatic heterocycles. The van der Waals surface area contributed by atoms with Crippen molar-refractivity contribution in [2.75, 3.05) is 54.9 Å². The number of nitrogens with zero attached hydrogens (tertiary/aromatic N) is 8. The fourth-order valence-electron chi connectivity index (χ4n) is 9.10. The number of nitrogen functional groups attached to an aromatic ring is 1. The Morgan fingerprint density at radius 2 is 1.81 bits per heavy atom. The molecule has 0 unspecified atom stereocenters. The molecule has 0 bridgehead atoms. The molecule has 4 aliphatic rings. The van der Waals surface area contributed by atoms with Crippen LogP contribution < -0.4 is 31.1 Å². The molecule has 4 N–H and O–H groups in total. The number of nitriles is 1. The Morgan fingerprint density at radius 1 is 1.05 bits per heavy atom. The van der Waals surface area contributed by atoms with Crippen LogP contribution in [0.5, 0.6) is 11.5 Å². The van der Waals surface area contributed by atoms with Crippen LogP contribution >= 0.6 is 0 Å². The number of fused-ring (bicyclic) bond motifs is 2. The molecule has 2 aromatic heterocycles. The third-order valence-corrected chi connectivity index (χ3v) is 12.7. The maximum Gasteiger partial charge on any atom is 0.329 e. The molecule has 0 saturated carbocycles. The summed E-state index contributed by atoms with van der Waals surface area (Å²) in [5.74, 6) is -3.95. The number of aryl methyl sites for hydroxylation is 1. The maximum atomic E-state index is 15.9. The Bertz CT molecular complexity index is 2790. The zero-order valence-corrected chi connectivity index (χ0v) is 33.5. The average molecular weight is 855 g/mol. The molecule has 322 valence electrons. The molecule has 0 radical (unpaired) electrons. The third kappa shape index (κ3) is 7.09. The highest BCUT2D eigenvalue weighted by Gasteiger charge is 2.45. The Balaban J connectivity index is 0.818. The van der Waals surface area contributed by atoms with Crippen molar-refractivity contribution in [1.82, 2.24) is 29.5 Å². The summed E-state index contributed by atoms with van der Waals surface area (Å²) < 4.78 is 60.9. The largest absolute Gasteiger partial charge is 0.450 e. The molecule has 5 aromatic rings. The number of halogens is 3. The predicted octanol–water partition coefficient (Wildman–Crippen LogP) is 4.14. The molecule has 4 saturated heterocycles. The maximum absolute atomic E-state index is 15.9. The molecule has 20 heteroatoms. The highest BCUT2D eigenvalue weighted by Crippen LogP contribution is 2.42. The first kappa shape index (κ1) is 40.7. The Labute approximate surface area is 351 Å². The van der Waals surface area contributed by atoms with Crippen LogP contribution in [0.2, 0.25) is 0 Å². The number of nitrogens with one attached hydrogen (secondary N) is 1. The minimum absolute atomic E-state index is 0.0522. The molecule has 1 atom stereocenters. The second kappa shape index (κ2) is 15.3. The average Bonchev–Trinajstić information content (AvgIpc) is 3.79. The number of aromatic nitrogens is 4.